The van der Waals surface area contributed by atoms with E-state index < -0.39 is 18.6 Å². The smallest absolute Gasteiger partial charge is 0.322 e. The van der Waals surface area contributed by atoms with E-state index >= 15 is 0 Å². The largest absolute Gasteiger partial charge is 0.480 e. The summed E-state index contributed by atoms with van der Waals surface area (Å²) in [6.45, 7) is -0.505. The number of hydrogen-bond donors (Lipinski definition) is 3. The Balaban J connectivity index is 0. The number of carboxylic acid groups (broad SMARTS) is 1. The number of carboxylic acids is 1. The van der Waals surface area contributed by atoms with Crippen LogP contribution in [0.25, 0.3) is 0 Å². The van der Waals surface area contributed by atoms with Crippen molar-refractivity contribution in [3.63, 3.8) is 0 Å². The minimum atomic E-state index is -1.18. The van der Waals surface area contributed by atoms with Crippen LogP contribution in [0, 0.1) is 0 Å². The molecular formula is C3H7NO3Ti. The Morgan fingerprint density at radius 1 is 1.75 bits per heavy atom. The van der Waals surface area contributed by atoms with Crippen molar-refractivity contribution in [3.8, 4) is 0 Å². The van der Waals surface area contributed by atoms with Crippen LogP contribution in [-0.4, -0.2) is 28.8 Å². The summed E-state index contributed by atoms with van der Waals surface area (Å²) in [6.07, 6.45) is 0. The Labute approximate surface area is 61.6 Å². The second-order valence-corrected chi connectivity index (χ2v) is 1.13. The van der Waals surface area contributed by atoms with Gasteiger partial charge in [-0.15, -0.1) is 0 Å². The van der Waals surface area contributed by atoms with Gasteiger partial charge >= 0.3 is 5.97 Å². The zero-order valence-electron chi connectivity index (χ0n) is 4.16. The fraction of sp³-hybridized carbons (Fsp3) is 0.667. The summed E-state index contributed by atoms with van der Waals surface area (Å²) in [7, 11) is 0. The molecule has 0 aromatic carbocycles. The number of hydrogen-bond acceptors (Lipinski definition) is 3. The first kappa shape index (κ1) is 11.0. The van der Waals surface area contributed by atoms with Gasteiger partial charge in [0.15, 0.2) is 0 Å². The Kier molecular flexibility index (Phi) is 7.20. The first-order chi connectivity index (χ1) is 3.18. The molecule has 0 heterocycles. The third-order valence-corrected chi connectivity index (χ3v) is 0.514. The monoisotopic (exact) mass is 153 g/mol. The van der Waals surface area contributed by atoms with Crippen LogP contribution in [0.4, 0.5) is 0 Å². The quantitative estimate of drug-likeness (QED) is 0.416. The minimum Gasteiger partial charge on any atom is -0.480 e. The fourth-order valence-electron chi connectivity index (χ4n) is 0.0781. The summed E-state index contributed by atoms with van der Waals surface area (Å²) >= 11 is 0. The van der Waals surface area contributed by atoms with Crippen molar-refractivity contribution in [2.24, 2.45) is 5.73 Å². The van der Waals surface area contributed by atoms with E-state index in [1.165, 1.54) is 0 Å². The van der Waals surface area contributed by atoms with E-state index in [4.69, 9.17) is 15.9 Å². The summed E-state index contributed by atoms with van der Waals surface area (Å²) in [5, 5.41) is 15.9. The van der Waals surface area contributed by atoms with Crippen molar-refractivity contribution < 1.29 is 36.7 Å². The number of rotatable bonds is 2. The van der Waals surface area contributed by atoms with Crippen LogP contribution in [-0.2, 0) is 26.5 Å². The average molecular weight is 153 g/mol. The molecule has 0 aromatic heterocycles. The summed E-state index contributed by atoms with van der Waals surface area (Å²) < 4.78 is 0. The predicted octanol–water partition coefficient (Wildman–Crippen LogP) is -1.61. The molecule has 0 radical (unpaired) electrons. The number of aliphatic hydroxyl groups is 1. The van der Waals surface area contributed by atoms with Gasteiger partial charge in [0.2, 0.25) is 0 Å². The molecule has 8 heavy (non-hydrogen) atoms. The molecule has 0 saturated heterocycles. The Hall–Kier alpha value is 0.104. The van der Waals surface area contributed by atoms with E-state index in [1.54, 1.807) is 0 Å². The standard InChI is InChI=1S/C3H7NO3.Ti/c4-2(1-5)3(6)7;/h2,5H,1,4H2,(H,6,7);. The third kappa shape index (κ3) is 4.27. The molecule has 5 heteroatoms. The molecular weight excluding hydrogens is 146 g/mol. The maximum Gasteiger partial charge on any atom is 0.322 e. The first-order valence-corrected chi connectivity index (χ1v) is 1.77. The second-order valence-electron chi connectivity index (χ2n) is 1.13. The number of carbonyl (C=O) groups is 1. The van der Waals surface area contributed by atoms with E-state index in [1.807, 2.05) is 0 Å². The van der Waals surface area contributed by atoms with Gasteiger partial charge in [0.25, 0.3) is 0 Å². The number of aliphatic hydroxyl groups excluding tert-OH is 1. The van der Waals surface area contributed by atoms with Crippen molar-refractivity contribution in [2.45, 2.75) is 6.04 Å². The van der Waals surface area contributed by atoms with E-state index in [-0.39, 0.29) is 21.7 Å². The van der Waals surface area contributed by atoms with Crippen LogP contribution in [0.5, 0.6) is 0 Å². The third-order valence-electron chi connectivity index (χ3n) is 0.514. The van der Waals surface area contributed by atoms with Gasteiger partial charge in [0, 0.05) is 21.7 Å². The van der Waals surface area contributed by atoms with Crippen LogP contribution in [0.1, 0.15) is 0 Å². The SMILES string of the molecule is NC(CO)C(=O)O.[Ti]. The normalized spacial score (nSPS) is 11.8. The zero-order chi connectivity index (χ0) is 5.86. The van der Waals surface area contributed by atoms with E-state index in [9.17, 15) is 4.79 Å². The molecule has 0 aromatic rings. The van der Waals surface area contributed by atoms with Crippen molar-refractivity contribution in [2.75, 3.05) is 6.61 Å². The van der Waals surface area contributed by atoms with Crippen molar-refractivity contribution in [1.82, 2.24) is 0 Å². The molecule has 0 rings (SSSR count). The molecule has 1 unspecified atom stereocenters. The Morgan fingerprint density at radius 2 is 2.12 bits per heavy atom. The Bertz CT molecular complexity index is 76.9. The average Bonchev–Trinajstić information content (AvgIpc) is 1.65. The molecule has 0 fully saturated rings. The maximum absolute atomic E-state index is 9.65. The molecule has 0 aliphatic heterocycles. The van der Waals surface area contributed by atoms with Crippen LogP contribution in [0.15, 0.2) is 0 Å². The van der Waals surface area contributed by atoms with Crippen molar-refractivity contribution >= 4 is 5.97 Å². The van der Waals surface area contributed by atoms with E-state index in [0.29, 0.717) is 0 Å². The molecule has 0 aliphatic rings. The van der Waals surface area contributed by atoms with Crippen molar-refractivity contribution in [3.05, 3.63) is 0 Å². The molecule has 4 nitrogen and oxygen atoms in total. The van der Waals surface area contributed by atoms with Gasteiger partial charge in [0.05, 0.1) is 6.61 Å². The first-order valence-electron chi connectivity index (χ1n) is 1.77. The molecule has 4 N–H and O–H groups in total. The molecule has 0 spiro atoms. The van der Waals surface area contributed by atoms with Gasteiger partial charge in [0.1, 0.15) is 6.04 Å². The van der Waals surface area contributed by atoms with Gasteiger partial charge < -0.3 is 15.9 Å². The van der Waals surface area contributed by atoms with Crippen LogP contribution < -0.4 is 5.73 Å². The number of nitrogens with two attached hydrogens (primary N) is 1. The Morgan fingerprint density at radius 3 is 2.12 bits per heavy atom. The maximum atomic E-state index is 9.65. The topological polar surface area (TPSA) is 83.5 Å². The molecule has 0 bridgehead atoms. The summed E-state index contributed by atoms with van der Waals surface area (Å²) in [5.41, 5.74) is 4.77. The van der Waals surface area contributed by atoms with Crippen molar-refractivity contribution in [1.29, 1.82) is 0 Å². The van der Waals surface area contributed by atoms with Gasteiger partial charge in [-0.1, -0.05) is 0 Å². The molecule has 46 valence electrons. The molecule has 0 saturated carbocycles. The van der Waals surface area contributed by atoms with Gasteiger partial charge in [-0.2, -0.15) is 0 Å². The van der Waals surface area contributed by atoms with Gasteiger partial charge in [-0.05, 0) is 0 Å². The van der Waals surface area contributed by atoms with Gasteiger partial charge in [-0.25, -0.2) is 0 Å². The zero-order valence-corrected chi connectivity index (χ0v) is 5.73. The predicted molar refractivity (Wildman–Crippen MR) is 22.7 cm³/mol. The van der Waals surface area contributed by atoms with Crippen LogP contribution in [0.2, 0.25) is 0 Å². The van der Waals surface area contributed by atoms with Crippen LogP contribution >= 0.6 is 0 Å². The van der Waals surface area contributed by atoms with Gasteiger partial charge in [-0.3, -0.25) is 4.79 Å². The second kappa shape index (κ2) is 5.25. The summed E-state index contributed by atoms with van der Waals surface area (Å²) in [6, 6.07) is -1.13. The summed E-state index contributed by atoms with van der Waals surface area (Å²) in [5.74, 6) is -1.18. The molecule has 1 atom stereocenters. The van der Waals surface area contributed by atoms with Crippen LogP contribution in [0.3, 0.4) is 0 Å². The number of aliphatic carboxylic acids is 1. The van der Waals surface area contributed by atoms with E-state index in [2.05, 4.69) is 0 Å². The molecule has 0 aliphatic carbocycles. The minimum absolute atomic E-state index is 0. The summed E-state index contributed by atoms with van der Waals surface area (Å²) in [4.78, 5) is 9.65. The fourth-order valence-corrected chi connectivity index (χ4v) is 0.0781. The van der Waals surface area contributed by atoms with E-state index in [0.717, 1.165) is 0 Å². The molecule has 0 amide bonds.